The predicted octanol–water partition coefficient (Wildman–Crippen LogP) is 6.16. The van der Waals surface area contributed by atoms with Gasteiger partial charge in [-0.1, -0.05) is 60.7 Å². The van der Waals surface area contributed by atoms with Gasteiger partial charge in [-0.25, -0.2) is 0 Å². The lowest BCUT2D eigenvalue weighted by molar-refractivity contribution is -0.176. The first-order valence-electron chi connectivity index (χ1n) is 12.4. The van der Waals surface area contributed by atoms with Gasteiger partial charge in [0.1, 0.15) is 6.10 Å². The number of hydrogen-bond donors (Lipinski definition) is 0. The third-order valence-corrected chi connectivity index (χ3v) is 8.24. The number of rotatable bonds is 4. The predicted molar refractivity (Wildman–Crippen MR) is 129 cm³/mol. The molecule has 170 valence electrons. The molecule has 3 heteroatoms. The van der Waals surface area contributed by atoms with E-state index in [1.807, 2.05) is 20.8 Å². The molecule has 3 aliphatic carbocycles. The van der Waals surface area contributed by atoms with Crippen LogP contribution in [0, 0.1) is 11.3 Å². The van der Waals surface area contributed by atoms with Crippen LogP contribution in [0.25, 0.3) is 0 Å². The molecule has 1 aliphatic heterocycles. The van der Waals surface area contributed by atoms with Crippen molar-refractivity contribution in [3.8, 4) is 0 Å². The van der Waals surface area contributed by atoms with Gasteiger partial charge in [0, 0.05) is 17.9 Å². The highest BCUT2D eigenvalue weighted by Gasteiger charge is 2.59. The summed E-state index contributed by atoms with van der Waals surface area (Å²) in [7, 11) is 0. The summed E-state index contributed by atoms with van der Waals surface area (Å²) in [5.74, 6) is 1.06. The Morgan fingerprint density at radius 3 is 1.81 bits per heavy atom. The Hall–Kier alpha value is -2.13. The largest absolute Gasteiger partial charge is 0.462 e. The molecule has 3 saturated carbocycles. The van der Waals surface area contributed by atoms with Crippen molar-refractivity contribution in [1.29, 1.82) is 0 Å². The summed E-state index contributed by atoms with van der Waals surface area (Å²) in [4.78, 5) is 15.8. The smallest absolute Gasteiger partial charge is 0.311 e. The van der Waals surface area contributed by atoms with Crippen LogP contribution in [0.15, 0.2) is 60.7 Å². The first kappa shape index (κ1) is 21.7. The number of hydrogen-bond acceptors (Lipinski definition) is 3. The molecular weight excluding hydrogens is 394 g/mol. The highest BCUT2D eigenvalue weighted by Crippen LogP contribution is 2.61. The molecule has 2 bridgehead atoms. The van der Waals surface area contributed by atoms with E-state index in [1.165, 1.54) is 49.9 Å². The molecule has 6 rings (SSSR count). The third-order valence-electron chi connectivity index (χ3n) is 8.24. The van der Waals surface area contributed by atoms with Crippen molar-refractivity contribution in [2.75, 3.05) is 13.1 Å². The van der Waals surface area contributed by atoms with E-state index in [2.05, 4.69) is 65.6 Å². The highest BCUT2D eigenvalue weighted by atomic mass is 16.5. The van der Waals surface area contributed by atoms with Crippen molar-refractivity contribution in [2.24, 2.45) is 11.3 Å². The van der Waals surface area contributed by atoms with Crippen LogP contribution in [0.1, 0.15) is 75.8 Å². The summed E-state index contributed by atoms with van der Waals surface area (Å²) in [6.07, 6.45) is 5.85. The van der Waals surface area contributed by atoms with E-state index in [4.69, 9.17) is 4.74 Å². The van der Waals surface area contributed by atoms with Gasteiger partial charge in [0.25, 0.3) is 0 Å². The Labute approximate surface area is 193 Å². The van der Waals surface area contributed by atoms with Crippen molar-refractivity contribution in [2.45, 2.75) is 76.4 Å². The average molecular weight is 432 g/mol. The van der Waals surface area contributed by atoms with E-state index in [-0.39, 0.29) is 17.6 Å². The molecule has 0 amide bonds. The maximum absolute atomic E-state index is 13.1. The van der Waals surface area contributed by atoms with Crippen LogP contribution in [0.2, 0.25) is 0 Å². The van der Waals surface area contributed by atoms with Crippen LogP contribution in [0.5, 0.6) is 0 Å². The molecule has 1 saturated heterocycles. The summed E-state index contributed by atoms with van der Waals surface area (Å²) < 4.78 is 6.41. The van der Waals surface area contributed by atoms with E-state index in [9.17, 15) is 4.79 Å². The van der Waals surface area contributed by atoms with Crippen molar-refractivity contribution in [3.05, 3.63) is 71.8 Å². The second-order valence-corrected chi connectivity index (χ2v) is 11.3. The van der Waals surface area contributed by atoms with Gasteiger partial charge in [-0.3, -0.25) is 9.69 Å². The molecule has 0 radical (unpaired) electrons. The number of ether oxygens (including phenoxy) is 1. The van der Waals surface area contributed by atoms with Gasteiger partial charge in [-0.15, -0.1) is 0 Å². The first-order valence-corrected chi connectivity index (χ1v) is 12.4. The zero-order valence-electron chi connectivity index (χ0n) is 19.8. The molecule has 1 heterocycles. The summed E-state index contributed by atoms with van der Waals surface area (Å²) in [5, 5.41) is 0. The number of esters is 1. The van der Waals surface area contributed by atoms with Gasteiger partial charge in [-0.05, 0) is 82.5 Å². The van der Waals surface area contributed by atoms with Gasteiger partial charge in [0.2, 0.25) is 0 Å². The molecule has 0 spiro atoms. The summed E-state index contributed by atoms with van der Waals surface area (Å²) in [6.45, 7) is 8.25. The quantitative estimate of drug-likeness (QED) is 0.543. The Balaban J connectivity index is 1.60. The molecular formula is C29H37NO2. The van der Waals surface area contributed by atoms with Crippen molar-refractivity contribution < 1.29 is 9.53 Å². The minimum absolute atomic E-state index is 0.0414. The summed E-state index contributed by atoms with van der Waals surface area (Å²) >= 11 is 0. The standard InChI is InChI=1S/C29H37NO2/c1-28(2,3)27(31)32-25-20-29(30-16-10-11-17-30)18-23(21-12-6-4-7-13-21)26(25)24(19-29)22-14-8-5-9-15-22/h4-9,12-15,23-26H,10-11,16-20H2,1-3H3/t23-,24-,25+,26?,29?/m0/s1. The van der Waals surface area contributed by atoms with Gasteiger partial charge in [-0.2, -0.15) is 0 Å². The maximum atomic E-state index is 13.1. The molecule has 3 atom stereocenters. The van der Waals surface area contributed by atoms with E-state index in [1.54, 1.807) is 0 Å². The second kappa shape index (κ2) is 8.33. The van der Waals surface area contributed by atoms with Crippen LogP contribution >= 0.6 is 0 Å². The van der Waals surface area contributed by atoms with Gasteiger partial charge in [0.05, 0.1) is 5.41 Å². The minimum atomic E-state index is -0.484. The van der Waals surface area contributed by atoms with Crippen molar-refractivity contribution in [1.82, 2.24) is 4.90 Å². The van der Waals surface area contributed by atoms with Crippen LogP contribution < -0.4 is 0 Å². The van der Waals surface area contributed by atoms with Gasteiger partial charge < -0.3 is 4.74 Å². The Bertz CT molecular complexity index is 877. The Morgan fingerprint density at radius 1 is 0.844 bits per heavy atom. The molecule has 4 fully saturated rings. The van der Waals surface area contributed by atoms with Gasteiger partial charge in [0.15, 0.2) is 0 Å². The molecule has 2 aromatic carbocycles. The first-order chi connectivity index (χ1) is 15.4. The summed E-state index contributed by atoms with van der Waals surface area (Å²) in [6, 6.07) is 22.0. The highest BCUT2D eigenvalue weighted by molar-refractivity contribution is 5.75. The normalized spacial score (nSPS) is 32.7. The average Bonchev–Trinajstić information content (AvgIpc) is 3.35. The van der Waals surface area contributed by atoms with E-state index >= 15 is 0 Å². The zero-order valence-corrected chi connectivity index (χ0v) is 19.8. The molecule has 0 N–H and O–H groups in total. The fourth-order valence-corrected chi connectivity index (χ4v) is 6.74. The summed E-state index contributed by atoms with van der Waals surface area (Å²) in [5.41, 5.74) is 2.42. The van der Waals surface area contributed by atoms with Crippen molar-refractivity contribution >= 4 is 5.97 Å². The molecule has 4 aliphatic rings. The molecule has 0 aromatic heterocycles. The van der Waals surface area contributed by atoms with Crippen LogP contribution in [-0.2, 0) is 9.53 Å². The lowest BCUT2D eigenvalue weighted by atomic mass is 9.51. The molecule has 32 heavy (non-hydrogen) atoms. The molecule has 0 unspecified atom stereocenters. The van der Waals surface area contributed by atoms with E-state index in [0.717, 1.165) is 6.42 Å². The molecule has 2 aromatic rings. The lowest BCUT2D eigenvalue weighted by Gasteiger charge is -2.61. The number of carbonyl (C=O) groups is 1. The van der Waals surface area contributed by atoms with Gasteiger partial charge >= 0.3 is 5.97 Å². The fraction of sp³-hybridized carbons (Fsp3) is 0.552. The number of likely N-dealkylation sites (tertiary alicyclic amines) is 1. The number of nitrogens with zero attached hydrogens (tertiary/aromatic N) is 1. The SMILES string of the molecule is CC(C)(C)C(=O)O[C@@H]1CC2(N3CCCC3)C[C@@H](c3ccccc3)C1[C@H](c1ccccc1)C2. The van der Waals surface area contributed by atoms with Crippen LogP contribution in [0.3, 0.4) is 0 Å². The topological polar surface area (TPSA) is 29.5 Å². The van der Waals surface area contributed by atoms with Crippen LogP contribution in [0.4, 0.5) is 0 Å². The Kier molecular flexibility index (Phi) is 5.65. The van der Waals surface area contributed by atoms with Crippen LogP contribution in [-0.4, -0.2) is 35.6 Å². The third kappa shape index (κ3) is 3.90. The Morgan fingerprint density at radius 2 is 1.34 bits per heavy atom. The maximum Gasteiger partial charge on any atom is 0.311 e. The van der Waals surface area contributed by atoms with E-state index in [0.29, 0.717) is 17.8 Å². The molecule has 3 nitrogen and oxygen atoms in total. The lowest BCUT2D eigenvalue weighted by Crippen LogP contribution is -2.62. The number of fused-ring (bicyclic) bond motifs is 3. The fourth-order valence-electron chi connectivity index (χ4n) is 6.74. The minimum Gasteiger partial charge on any atom is -0.462 e. The zero-order chi connectivity index (χ0) is 22.3. The monoisotopic (exact) mass is 431 g/mol. The number of benzene rings is 2. The second-order valence-electron chi connectivity index (χ2n) is 11.3. The number of carbonyl (C=O) groups excluding carboxylic acids is 1. The van der Waals surface area contributed by atoms with E-state index < -0.39 is 5.41 Å². The van der Waals surface area contributed by atoms with Crippen molar-refractivity contribution in [3.63, 3.8) is 0 Å².